The lowest BCUT2D eigenvalue weighted by molar-refractivity contribution is 0.287. The highest BCUT2D eigenvalue weighted by atomic mass is 32.2. The molecule has 5 nitrogen and oxygen atoms in total. The monoisotopic (exact) mass is 243 g/mol. The maximum absolute atomic E-state index is 11.3. The van der Waals surface area contributed by atoms with Gasteiger partial charge in [-0.2, -0.15) is 5.10 Å². The van der Waals surface area contributed by atoms with Crippen molar-refractivity contribution in [2.45, 2.75) is 13.5 Å². The van der Waals surface area contributed by atoms with Gasteiger partial charge >= 0.3 is 0 Å². The Labute approximate surface area is 96.0 Å². The third-order valence-electron chi connectivity index (χ3n) is 2.95. The molecule has 0 atom stereocenters. The van der Waals surface area contributed by atoms with E-state index >= 15 is 0 Å². The van der Waals surface area contributed by atoms with Crippen LogP contribution in [-0.2, 0) is 23.4 Å². The second-order valence-corrected chi connectivity index (χ2v) is 6.65. The molecule has 6 heteroatoms. The van der Waals surface area contributed by atoms with Crippen LogP contribution in [0.4, 0.5) is 0 Å². The molecule has 0 unspecified atom stereocenters. The number of aryl methyl sites for hydroxylation is 2. The van der Waals surface area contributed by atoms with Crippen LogP contribution < -0.4 is 0 Å². The number of hydrogen-bond donors (Lipinski definition) is 0. The summed E-state index contributed by atoms with van der Waals surface area (Å²) >= 11 is 0. The zero-order valence-corrected chi connectivity index (χ0v) is 10.5. The van der Waals surface area contributed by atoms with E-state index in [9.17, 15) is 8.42 Å². The first-order valence-electron chi connectivity index (χ1n) is 5.38. The lowest BCUT2D eigenvalue weighted by Gasteiger charge is -2.26. The van der Waals surface area contributed by atoms with Crippen molar-refractivity contribution in [1.82, 2.24) is 14.7 Å². The fourth-order valence-corrected chi connectivity index (χ4v) is 3.23. The van der Waals surface area contributed by atoms with Crippen LogP contribution in [0.15, 0.2) is 6.20 Å². The summed E-state index contributed by atoms with van der Waals surface area (Å²) in [6, 6.07) is 0. The minimum absolute atomic E-state index is 0.284. The van der Waals surface area contributed by atoms with Gasteiger partial charge in [0.15, 0.2) is 9.84 Å². The normalized spacial score (nSPS) is 21.1. The molecule has 2 rings (SSSR count). The quantitative estimate of drug-likeness (QED) is 0.731. The van der Waals surface area contributed by atoms with Crippen molar-refractivity contribution in [2.24, 2.45) is 7.05 Å². The summed E-state index contributed by atoms with van der Waals surface area (Å²) in [7, 11) is -0.875. The average Bonchev–Trinajstić information content (AvgIpc) is 2.49. The smallest absolute Gasteiger partial charge is 0.152 e. The number of aromatic nitrogens is 2. The average molecular weight is 243 g/mol. The predicted octanol–water partition coefficient (Wildman–Crippen LogP) is -0.0411. The summed E-state index contributed by atoms with van der Waals surface area (Å²) in [6.07, 6.45) is 2.00. The fourth-order valence-electron chi connectivity index (χ4n) is 1.95. The highest BCUT2D eigenvalue weighted by Gasteiger charge is 2.22. The Balaban J connectivity index is 1.99. The van der Waals surface area contributed by atoms with Gasteiger partial charge in [-0.25, -0.2) is 8.42 Å². The second kappa shape index (κ2) is 4.18. The Bertz CT molecular complexity index is 464. The van der Waals surface area contributed by atoms with Crippen LogP contribution in [-0.4, -0.2) is 47.7 Å². The Hall–Kier alpha value is -0.880. The van der Waals surface area contributed by atoms with Gasteiger partial charge in [-0.1, -0.05) is 0 Å². The van der Waals surface area contributed by atoms with Crippen molar-refractivity contribution in [1.29, 1.82) is 0 Å². The second-order valence-electron chi connectivity index (χ2n) is 4.34. The molecule has 0 radical (unpaired) electrons. The Morgan fingerprint density at radius 2 is 2.00 bits per heavy atom. The first kappa shape index (κ1) is 11.6. The molecule has 0 spiro atoms. The molecule has 1 aliphatic rings. The SMILES string of the molecule is Cc1nn(C)cc1CN1CCS(=O)(=O)CC1. The molecule has 0 saturated carbocycles. The minimum Gasteiger partial charge on any atom is -0.297 e. The van der Waals surface area contributed by atoms with E-state index in [0.717, 1.165) is 12.2 Å². The molecule has 0 aromatic carbocycles. The van der Waals surface area contributed by atoms with E-state index in [2.05, 4.69) is 10.00 Å². The van der Waals surface area contributed by atoms with Gasteiger partial charge in [-0.3, -0.25) is 9.58 Å². The molecule has 2 heterocycles. The van der Waals surface area contributed by atoms with Crippen LogP contribution in [0.1, 0.15) is 11.3 Å². The molecular formula is C10H17N3O2S. The molecule has 0 amide bonds. The lowest BCUT2D eigenvalue weighted by atomic mass is 10.2. The van der Waals surface area contributed by atoms with Gasteiger partial charge < -0.3 is 0 Å². The van der Waals surface area contributed by atoms with Crippen LogP contribution in [0.3, 0.4) is 0 Å². The summed E-state index contributed by atoms with van der Waals surface area (Å²) < 4.78 is 24.3. The van der Waals surface area contributed by atoms with Gasteiger partial charge in [0.1, 0.15) is 0 Å². The fraction of sp³-hybridized carbons (Fsp3) is 0.700. The molecule has 1 aromatic rings. The standard InChI is InChI=1S/C10H17N3O2S/c1-9-10(7-12(2)11-9)8-13-3-5-16(14,15)6-4-13/h7H,3-6,8H2,1-2H3. The van der Waals surface area contributed by atoms with Crippen LogP contribution in [0.5, 0.6) is 0 Å². The van der Waals surface area contributed by atoms with Crippen molar-refractivity contribution < 1.29 is 8.42 Å². The maximum atomic E-state index is 11.3. The molecular weight excluding hydrogens is 226 g/mol. The first-order chi connectivity index (χ1) is 7.46. The van der Waals surface area contributed by atoms with Gasteiger partial charge in [-0.15, -0.1) is 0 Å². The van der Waals surface area contributed by atoms with Crippen molar-refractivity contribution in [3.8, 4) is 0 Å². The Kier molecular flexibility index (Phi) is 3.03. The number of hydrogen-bond acceptors (Lipinski definition) is 4. The molecule has 0 aliphatic carbocycles. The molecule has 1 aliphatic heterocycles. The van der Waals surface area contributed by atoms with Crippen LogP contribution >= 0.6 is 0 Å². The van der Waals surface area contributed by atoms with Gasteiger partial charge in [0.2, 0.25) is 0 Å². The summed E-state index contributed by atoms with van der Waals surface area (Å²) in [6.45, 7) is 4.05. The highest BCUT2D eigenvalue weighted by Crippen LogP contribution is 2.11. The molecule has 0 bridgehead atoms. The van der Waals surface area contributed by atoms with E-state index in [-0.39, 0.29) is 11.5 Å². The van der Waals surface area contributed by atoms with E-state index in [0.29, 0.717) is 13.1 Å². The summed E-state index contributed by atoms with van der Waals surface area (Å²) in [5.41, 5.74) is 2.21. The molecule has 0 N–H and O–H groups in total. The number of rotatable bonds is 2. The topological polar surface area (TPSA) is 55.2 Å². The molecule has 1 fully saturated rings. The van der Waals surface area contributed by atoms with E-state index in [4.69, 9.17) is 0 Å². The maximum Gasteiger partial charge on any atom is 0.152 e. The van der Waals surface area contributed by atoms with Gasteiger partial charge in [-0.05, 0) is 6.92 Å². The third kappa shape index (κ3) is 2.62. The van der Waals surface area contributed by atoms with Crippen molar-refractivity contribution in [3.63, 3.8) is 0 Å². The molecule has 90 valence electrons. The summed E-state index contributed by atoms with van der Waals surface area (Å²) in [5, 5.41) is 4.28. The molecule has 16 heavy (non-hydrogen) atoms. The van der Waals surface area contributed by atoms with Gasteiger partial charge in [0, 0.05) is 38.4 Å². The van der Waals surface area contributed by atoms with E-state index < -0.39 is 9.84 Å². The summed E-state index contributed by atoms with van der Waals surface area (Å²) in [5.74, 6) is 0.568. The zero-order valence-electron chi connectivity index (χ0n) is 9.68. The van der Waals surface area contributed by atoms with Crippen LogP contribution in [0.25, 0.3) is 0 Å². The number of nitrogens with zero attached hydrogens (tertiary/aromatic N) is 3. The van der Waals surface area contributed by atoms with E-state index in [1.165, 1.54) is 5.56 Å². The van der Waals surface area contributed by atoms with Crippen molar-refractivity contribution in [3.05, 3.63) is 17.5 Å². The van der Waals surface area contributed by atoms with Crippen molar-refractivity contribution in [2.75, 3.05) is 24.6 Å². The largest absolute Gasteiger partial charge is 0.297 e. The predicted molar refractivity (Wildman–Crippen MR) is 61.9 cm³/mol. The number of sulfone groups is 1. The third-order valence-corrected chi connectivity index (χ3v) is 4.56. The zero-order chi connectivity index (χ0) is 11.8. The molecule has 1 saturated heterocycles. The van der Waals surface area contributed by atoms with Crippen molar-refractivity contribution >= 4 is 9.84 Å². The highest BCUT2D eigenvalue weighted by molar-refractivity contribution is 7.91. The van der Waals surface area contributed by atoms with E-state index in [1.54, 1.807) is 4.68 Å². The van der Waals surface area contributed by atoms with E-state index in [1.807, 2.05) is 20.2 Å². The van der Waals surface area contributed by atoms with Gasteiger partial charge in [0.25, 0.3) is 0 Å². The van der Waals surface area contributed by atoms with Crippen LogP contribution in [0.2, 0.25) is 0 Å². The summed E-state index contributed by atoms with van der Waals surface area (Å²) in [4.78, 5) is 2.17. The molecule has 1 aromatic heterocycles. The Morgan fingerprint density at radius 3 is 2.50 bits per heavy atom. The van der Waals surface area contributed by atoms with Gasteiger partial charge in [0.05, 0.1) is 17.2 Å². The minimum atomic E-state index is -2.78. The first-order valence-corrected chi connectivity index (χ1v) is 7.20. The van der Waals surface area contributed by atoms with Crippen LogP contribution in [0, 0.1) is 6.92 Å². The lowest BCUT2D eigenvalue weighted by Crippen LogP contribution is -2.39. The Morgan fingerprint density at radius 1 is 1.38 bits per heavy atom.